The molecule has 1 aromatic carbocycles. The van der Waals surface area contributed by atoms with E-state index in [4.69, 9.17) is 9.47 Å². The summed E-state index contributed by atoms with van der Waals surface area (Å²) in [7, 11) is 1.43. The Hall–Kier alpha value is -1.66. The van der Waals surface area contributed by atoms with Gasteiger partial charge in [-0.3, -0.25) is 4.79 Å². The summed E-state index contributed by atoms with van der Waals surface area (Å²) >= 11 is 0. The molecule has 1 unspecified atom stereocenters. The van der Waals surface area contributed by atoms with Crippen molar-refractivity contribution in [1.82, 2.24) is 10.2 Å². The summed E-state index contributed by atoms with van der Waals surface area (Å²) in [5.41, 5.74) is 0.773. The molecule has 0 radical (unpaired) electrons. The van der Waals surface area contributed by atoms with Crippen molar-refractivity contribution >= 4 is 5.91 Å². The van der Waals surface area contributed by atoms with E-state index in [-0.39, 0.29) is 17.7 Å². The van der Waals surface area contributed by atoms with Crippen molar-refractivity contribution in [2.75, 3.05) is 33.4 Å². The molecule has 0 spiro atoms. The first-order valence-corrected chi connectivity index (χ1v) is 7.04. The second kappa shape index (κ2) is 7.38. The fourth-order valence-electron chi connectivity index (χ4n) is 2.24. The number of amides is 1. The lowest BCUT2D eigenvalue weighted by Crippen LogP contribution is -2.49. The monoisotopic (exact) mass is 296 g/mol. The molecule has 1 N–H and O–H groups in total. The molecule has 1 aliphatic heterocycles. The van der Waals surface area contributed by atoms with Gasteiger partial charge in [0.25, 0.3) is 0 Å². The Kier molecular flexibility index (Phi) is 5.52. The highest BCUT2D eigenvalue weighted by Gasteiger charge is 2.21. The zero-order valence-corrected chi connectivity index (χ0v) is 12.4. The van der Waals surface area contributed by atoms with Gasteiger partial charge in [-0.15, -0.1) is 0 Å². The van der Waals surface area contributed by atoms with E-state index < -0.39 is 5.82 Å². The van der Waals surface area contributed by atoms with Gasteiger partial charge in [0.1, 0.15) is 0 Å². The van der Waals surface area contributed by atoms with Crippen LogP contribution in [-0.4, -0.2) is 50.3 Å². The molecule has 21 heavy (non-hydrogen) atoms. The maximum Gasteiger partial charge on any atom is 0.239 e. The molecular weight excluding hydrogens is 275 g/mol. The number of benzene rings is 1. The number of halogens is 1. The normalized spacial score (nSPS) is 16.6. The van der Waals surface area contributed by atoms with Crippen molar-refractivity contribution in [3.63, 3.8) is 0 Å². The highest BCUT2D eigenvalue weighted by Crippen LogP contribution is 2.17. The smallest absolute Gasteiger partial charge is 0.239 e. The number of morpholine rings is 1. The van der Waals surface area contributed by atoms with Gasteiger partial charge in [0.2, 0.25) is 5.91 Å². The predicted octanol–water partition coefficient (Wildman–Crippen LogP) is 1.17. The van der Waals surface area contributed by atoms with Gasteiger partial charge >= 0.3 is 0 Å². The van der Waals surface area contributed by atoms with Crippen LogP contribution in [0.5, 0.6) is 5.75 Å². The number of rotatable bonds is 5. The van der Waals surface area contributed by atoms with Crippen LogP contribution in [0.4, 0.5) is 4.39 Å². The Morgan fingerprint density at radius 3 is 2.81 bits per heavy atom. The maximum absolute atomic E-state index is 13.6. The molecule has 5 nitrogen and oxygen atoms in total. The van der Waals surface area contributed by atoms with E-state index in [0.29, 0.717) is 32.8 Å². The number of methoxy groups -OCH3 is 1. The highest BCUT2D eigenvalue weighted by molar-refractivity contribution is 5.81. The van der Waals surface area contributed by atoms with E-state index in [1.54, 1.807) is 17.0 Å². The quantitative estimate of drug-likeness (QED) is 0.886. The highest BCUT2D eigenvalue weighted by atomic mass is 19.1. The Morgan fingerprint density at radius 1 is 1.48 bits per heavy atom. The molecule has 2 rings (SSSR count). The molecule has 0 saturated carbocycles. The van der Waals surface area contributed by atoms with Crippen molar-refractivity contribution in [2.24, 2.45) is 0 Å². The molecule has 1 heterocycles. The Labute approximate surface area is 124 Å². The van der Waals surface area contributed by atoms with Crippen LogP contribution in [0.15, 0.2) is 18.2 Å². The molecule has 1 fully saturated rings. The third-order valence-electron chi connectivity index (χ3n) is 3.52. The first-order valence-electron chi connectivity index (χ1n) is 7.04. The summed E-state index contributed by atoms with van der Waals surface area (Å²) in [5.74, 6) is -0.132. The van der Waals surface area contributed by atoms with E-state index in [2.05, 4.69) is 5.32 Å². The SMILES string of the molecule is COc1ccc(CNC(C)C(=O)N2CCOCC2)cc1F. The topological polar surface area (TPSA) is 50.8 Å². The van der Waals surface area contributed by atoms with E-state index in [1.165, 1.54) is 13.2 Å². The number of ether oxygens (including phenoxy) is 2. The molecule has 1 amide bonds. The van der Waals surface area contributed by atoms with E-state index >= 15 is 0 Å². The molecule has 0 bridgehead atoms. The van der Waals surface area contributed by atoms with Crippen molar-refractivity contribution in [3.8, 4) is 5.75 Å². The summed E-state index contributed by atoms with van der Waals surface area (Å²) in [6.45, 7) is 4.67. The standard InChI is InChI=1S/C15H21FN2O3/c1-11(15(19)18-5-7-21-8-6-18)17-10-12-3-4-14(20-2)13(16)9-12/h3-4,9,11,17H,5-8,10H2,1-2H3. The van der Waals surface area contributed by atoms with Gasteiger partial charge in [0.15, 0.2) is 11.6 Å². The molecule has 1 saturated heterocycles. The second-order valence-electron chi connectivity index (χ2n) is 5.01. The lowest BCUT2D eigenvalue weighted by atomic mass is 10.2. The van der Waals surface area contributed by atoms with Crippen molar-refractivity contribution in [2.45, 2.75) is 19.5 Å². The van der Waals surface area contributed by atoms with Crippen molar-refractivity contribution in [3.05, 3.63) is 29.6 Å². The van der Waals surface area contributed by atoms with Crippen LogP contribution in [0.3, 0.4) is 0 Å². The summed E-state index contributed by atoms with van der Waals surface area (Å²) in [6, 6.07) is 4.47. The number of carbonyl (C=O) groups is 1. The van der Waals surface area contributed by atoms with E-state index in [9.17, 15) is 9.18 Å². The predicted molar refractivity (Wildman–Crippen MR) is 76.7 cm³/mol. The van der Waals surface area contributed by atoms with Gasteiger partial charge < -0.3 is 19.7 Å². The third kappa shape index (κ3) is 4.15. The fraction of sp³-hybridized carbons (Fsp3) is 0.533. The molecule has 1 aromatic rings. The molecule has 116 valence electrons. The summed E-state index contributed by atoms with van der Waals surface area (Å²) < 4.78 is 23.7. The largest absolute Gasteiger partial charge is 0.494 e. The third-order valence-corrected chi connectivity index (χ3v) is 3.52. The minimum absolute atomic E-state index is 0.0484. The lowest BCUT2D eigenvalue weighted by Gasteiger charge is -2.29. The summed E-state index contributed by atoms with van der Waals surface area (Å²) in [4.78, 5) is 14.0. The second-order valence-corrected chi connectivity index (χ2v) is 5.01. The van der Waals surface area contributed by atoms with Gasteiger partial charge in [-0.25, -0.2) is 4.39 Å². The number of carbonyl (C=O) groups excluding carboxylic acids is 1. The van der Waals surface area contributed by atoms with Gasteiger partial charge in [-0.1, -0.05) is 6.07 Å². The molecule has 1 aliphatic rings. The van der Waals surface area contributed by atoms with Gasteiger partial charge in [-0.2, -0.15) is 0 Å². The average Bonchev–Trinajstić information content (AvgIpc) is 2.52. The fourth-order valence-corrected chi connectivity index (χ4v) is 2.24. The van der Waals surface area contributed by atoms with Crippen LogP contribution in [0.25, 0.3) is 0 Å². The summed E-state index contributed by atoms with van der Waals surface area (Å²) in [5, 5.41) is 3.12. The number of nitrogens with zero attached hydrogens (tertiary/aromatic N) is 1. The number of hydrogen-bond donors (Lipinski definition) is 1. The van der Waals surface area contributed by atoms with Gasteiger partial charge in [0, 0.05) is 19.6 Å². The van der Waals surface area contributed by atoms with Crippen LogP contribution in [0.1, 0.15) is 12.5 Å². The Balaban J connectivity index is 1.86. The van der Waals surface area contributed by atoms with Crippen molar-refractivity contribution in [1.29, 1.82) is 0 Å². The van der Waals surface area contributed by atoms with Crippen molar-refractivity contribution < 1.29 is 18.7 Å². The van der Waals surface area contributed by atoms with Crippen LogP contribution >= 0.6 is 0 Å². The van der Waals surface area contributed by atoms with E-state index in [0.717, 1.165) is 5.56 Å². The van der Waals surface area contributed by atoms with Gasteiger partial charge in [0.05, 0.1) is 26.4 Å². The molecule has 0 aromatic heterocycles. The zero-order valence-electron chi connectivity index (χ0n) is 12.4. The van der Waals surface area contributed by atoms with Crippen LogP contribution in [0.2, 0.25) is 0 Å². The van der Waals surface area contributed by atoms with Gasteiger partial charge in [-0.05, 0) is 24.6 Å². The number of nitrogens with one attached hydrogen (secondary N) is 1. The maximum atomic E-state index is 13.6. The van der Waals surface area contributed by atoms with E-state index in [1.807, 2.05) is 6.92 Å². The molecular formula is C15H21FN2O3. The first kappa shape index (κ1) is 15.7. The lowest BCUT2D eigenvalue weighted by molar-refractivity contribution is -0.137. The minimum Gasteiger partial charge on any atom is -0.494 e. The van der Waals surface area contributed by atoms with Crippen LogP contribution in [-0.2, 0) is 16.1 Å². The molecule has 1 atom stereocenters. The first-order chi connectivity index (χ1) is 10.1. The van der Waals surface area contributed by atoms with Crippen LogP contribution in [0, 0.1) is 5.82 Å². The molecule has 0 aliphatic carbocycles. The average molecular weight is 296 g/mol. The molecule has 6 heteroatoms. The minimum atomic E-state index is -0.399. The zero-order chi connectivity index (χ0) is 15.2. The Morgan fingerprint density at radius 2 is 2.19 bits per heavy atom. The van der Waals surface area contributed by atoms with Crippen LogP contribution < -0.4 is 10.1 Å². The summed E-state index contributed by atoms with van der Waals surface area (Å²) in [6.07, 6.45) is 0. The number of hydrogen-bond acceptors (Lipinski definition) is 4. The Bertz CT molecular complexity index is 490.